The number of nitrogens with two attached hydrogens (primary N) is 1. The lowest BCUT2D eigenvalue weighted by Crippen LogP contribution is -2.18. The fourth-order valence-electron chi connectivity index (χ4n) is 1.86. The van der Waals surface area contributed by atoms with Crippen molar-refractivity contribution in [2.24, 2.45) is 5.73 Å². The Morgan fingerprint density at radius 1 is 1.22 bits per heavy atom. The van der Waals surface area contributed by atoms with Gasteiger partial charge in [0.2, 0.25) is 0 Å². The van der Waals surface area contributed by atoms with Gasteiger partial charge in [0.25, 0.3) is 0 Å². The Morgan fingerprint density at radius 2 is 1.78 bits per heavy atom. The SMILES string of the molecule is CCOP(=O)(OCC)[C@@H](N)c1ccc(OC(F)(F)F)cc1OC. The molecule has 6 nitrogen and oxygen atoms in total. The van der Waals surface area contributed by atoms with Crippen molar-refractivity contribution in [3.8, 4) is 11.5 Å². The fraction of sp³-hybridized carbons (Fsp3) is 0.538. The van der Waals surface area contributed by atoms with E-state index in [1.54, 1.807) is 13.8 Å². The van der Waals surface area contributed by atoms with Crippen LogP contribution in [0.2, 0.25) is 0 Å². The smallest absolute Gasteiger partial charge is 0.496 e. The Balaban J connectivity index is 3.18. The lowest BCUT2D eigenvalue weighted by Gasteiger charge is -2.25. The van der Waals surface area contributed by atoms with Gasteiger partial charge >= 0.3 is 14.0 Å². The van der Waals surface area contributed by atoms with Crippen LogP contribution in [0.15, 0.2) is 18.2 Å². The molecule has 2 N–H and O–H groups in total. The number of ether oxygens (including phenoxy) is 2. The second-order valence-corrected chi connectivity index (χ2v) is 6.42. The van der Waals surface area contributed by atoms with Gasteiger partial charge < -0.3 is 24.3 Å². The predicted molar refractivity (Wildman–Crippen MR) is 77.5 cm³/mol. The van der Waals surface area contributed by atoms with Crippen LogP contribution in [0, 0.1) is 0 Å². The Hall–Kier alpha value is -1.28. The lowest BCUT2D eigenvalue weighted by molar-refractivity contribution is -0.274. The van der Waals surface area contributed by atoms with Crippen LogP contribution in [0.25, 0.3) is 0 Å². The molecule has 0 heterocycles. The van der Waals surface area contributed by atoms with Crippen LogP contribution >= 0.6 is 7.60 Å². The van der Waals surface area contributed by atoms with Crippen LogP contribution in [-0.4, -0.2) is 26.7 Å². The van der Waals surface area contributed by atoms with Crippen molar-refractivity contribution in [3.05, 3.63) is 23.8 Å². The van der Waals surface area contributed by atoms with Gasteiger partial charge in [0.15, 0.2) is 0 Å². The third-order valence-corrected chi connectivity index (χ3v) is 4.91. The number of alkyl halides is 3. The summed E-state index contributed by atoms with van der Waals surface area (Å²) in [6.45, 7) is 3.44. The molecule has 1 aromatic rings. The second-order valence-electron chi connectivity index (χ2n) is 4.27. The van der Waals surface area contributed by atoms with Crippen molar-refractivity contribution in [3.63, 3.8) is 0 Å². The highest BCUT2D eigenvalue weighted by Gasteiger charge is 2.36. The first-order chi connectivity index (χ1) is 10.7. The highest BCUT2D eigenvalue weighted by atomic mass is 31.2. The molecule has 10 heteroatoms. The number of hydrogen-bond donors (Lipinski definition) is 1. The maximum atomic E-state index is 12.7. The molecule has 1 aromatic carbocycles. The second kappa shape index (κ2) is 8.01. The summed E-state index contributed by atoms with van der Waals surface area (Å²) in [7, 11) is -2.45. The average Bonchev–Trinajstić information content (AvgIpc) is 2.45. The van der Waals surface area contributed by atoms with E-state index in [0.29, 0.717) is 0 Å². The van der Waals surface area contributed by atoms with Gasteiger partial charge in [-0.3, -0.25) is 4.57 Å². The van der Waals surface area contributed by atoms with Crippen molar-refractivity contribution >= 4 is 7.60 Å². The number of hydrogen-bond acceptors (Lipinski definition) is 6. The summed E-state index contributed by atoms with van der Waals surface area (Å²) in [4.78, 5) is 0. The van der Waals surface area contributed by atoms with E-state index in [-0.39, 0.29) is 24.5 Å². The standard InChI is InChI=1S/C13H19F3NO5P/c1-4-20-23(18,21-5-2)12(17)10-7-6-9(8-11(10)19-3)22-13(14,15)16/h6-8,12H,4-5,17H2,1-3H3/t12-/m1/s1. The average molecular weight is 357 g/mol. The van der Waals surface area contributed by atoms with E-state index in [0.717, 1.165) is 12.1 Å². The summed E-state index contributed by atoms with van der Waals surface area (Å²) in [6, 6.07) is 3.29. The van der Waals surface area contributed by atoms with Crippen molar-refractivity contribution in [1.29, 1.82) is 0 Å². The van der Waals surface area contributed by atoms with Gasteiger partial charge in [0, 0.05) is 11.6 Å². The van der Waals surface area contributed by atoms with Gasteiger partial charge in [-0.05, 0) is 26.0 Å². The monoisotopic (exact) mass is 357 g/mol. The summed E-state index contributed by atoms with van der Waals surface area (Å²) in [5, 5.41) is 0. The zero-order valence-electron chi connectivity index (χ0n) is 12.9. The van der Waals surface area contributed by atoms with Gasteiger partial charge in [0.05, 0.1) is 20.3 Å². The first-order valence-corrected chi connectivity index (χ1v) is 8.36. The van der Waals surface area contributed by atoms with E-state index in [9.17, 15) is 17.7 Å². The minimum atomic E-state index is -4.83. The molecule has 0 bridgehead atoms. The number of halogens is 3. The summed E-state index contributed by atoms with van der Waals surface area (Å²) in [6.07, 6.45) is -4.83. The molecule has 0 aliphatic rings. The minimum absolute atomic E-state index is 0.0149. The fourth-order valence-corrected chi connectivity index (χ4v) is 3.53. The van der Waals surface area contributed by atoms with Crippen LogP contribution < -0.4 is 15.2 Å². The quantitative estimate of drug-likeness (QED) is 0.713. The first-order valence-electron chi connectivity index (χ1n) is 6.75. The minimum Gasteiger partial charge on any atom is -0.496 e. The van der Waals surface area contributed by atoms with Gasteiger partial charge in [-0.2, -0.15) is 0 Å². The Labute approximate surface area is 132 Å². The van der Waals surface area contributed by atoms with Crippen molar-refractivity contribution in [2.75, 3.05) is 20.3 Å². The Bertz CT molecular complexity index is 557. The molecule has 0 spiro atoms. The van der Waals surface area contributed by atoms with E-state index in [4.69, 9.17) is 19.5 Å². The summed E-state index contributed by atoms with van der Waals surface area (Å²) in [5.41, 5.74) is 6.13. The summed E-state index contributed by atoms with van der Waals surface area (Å²) >= 11 is 0. The third kappa shape index (κ3) is 5.39. The molecule has 0 saturated carbocycles. The Kier molecular flexibility index (Phi) is 6.88. The molecule has 0 saturated heterocycles. The zero-order valence-corrected chi connectivity index (χ0v) is 13.8. The molecular formula is C13H19F3NO5P. The highest BCUT2D eigenvalue weighted by molar-refractivity contribution is 7.54. The van der Waals surface area contributed by atoms with Crippen LogP contribution in [0.1, 0.15) is 25.2 Å². The third-order valence-electron chi connectivity index (χ3n) is 2.72. The molecule has 23 heavy (non-hydrogen) atoms. The van der Waals surface area contributed by atoms with E-state index in [2.05, 4.69) is 4.74 Å². The maximum absolute atomic E-state index is 12.7. The molecule has 0 radical (unpaired) electrons. The van der Waals surface area contributed by atoms with E-state index < -0.39 is 25.5 Å². The molecule has 0 aromatic heterocycles. The van der Waals surface area contributed by atoms with Gasteiger partial charge in [-0.15, -0.1) is 13.2 Å². The molecule has 0 amide bonds. The van der Waals surface area contributed by atoms with Crippen LogP contribution in [0.5, 0.6) is 11.5 Å². The lowest BCUT2D eigenvalue weighted by atomic mass is 10.2. The molecule has 0 fully saturated rings. The highest BCUT2D eigenvalue weighted by Crippen LogP contribution is 2.59. The van der Waals surface area contributed by atoms with Crippen molar-refractivity contribution in [2.45, 2.75) is 26.0 Å². The van der Waals surface area contributed by atoms with E-state index in [1.807, 2.05) is 0 Å². The molecular weight excluding hydrogens is 338 g/mol. The summed E-state index contributed by atoms with van der Waals surface area (Å²) in [5.74, 6) is -1.70. The topological polar surface area (TPSA) is 80.0 Å². The van der Waals surface area contributed by atoms with Gasteiger partial charge in [-0.25, -0.2) is 0 Å². The number of methoxy groups -OCH3 is 1. The summed E-state index contributed by atoms with van der Waals surface area (Å²) < 4.78 is 68.5. The van der Waals surface area contributed by atoms with Crippen molar-refractivity contribution in [1.82, 2.24) is 0 Å². The molecule has 0 aliphatic heterocycles. The molecule has 1 rings (SSSR count). The van der Waals surface area contributed by atoms with Gasteiger partial charge in [-0.1, -0.05) is 0 Å². The van der Waals surface area contributed by atoms with Gasteiger partial charge in [0.1, 0.15) is 17.3 Å². The Morgan fingerprint density at radius 3 is 2.22 bits per heavy atom. The van der Waals surface area contributed by atoms with Crippen molar-refractivity contribution < 1.29 is 36.3 Å². The predicted octanol–water partition coefficient (Wildman–Crippen LogP) is 3.82. The van der Waals surface area contributed by atoms with Crippen LogP contribution in [0.4, 0.5) is 13.2 Å². The number of benzene rings is 1. The van der Waals surface area contributed by atoms with Crippen LogP contribution in [-0.2, 0) is 13.6 Å². The van der Waals surface area contributed by atoms with E-state index in [1.165, 1.54) is 13.2 Å². The largest absolute Gasteiger partial charge is 0.573 e. The normalized spacial score (nSPS) is 13.7. The molecule has 132 valence electrons. The number of rotatable bonds is 8. The van der Waals surface area contributed by atoms with E-state index >= 15 is 0 Å². The first kappa shape index (κ1) is 19.8. The maximum Gasteiger partial charge on any atom is 0.573 e. The molecule has 0 aliphatic carbocycles. The zero-order chi connectivity index (χ0) is 17.7. The molecule has 1 atom stereocenters. The molecule has 0 unspecified atom stereocenters. The van der Waals surface area contributed by atoms with Crippen LogP contribution in [0.3, 0.4) is 0 Å².